The van der Waals surface area contributed by atoms with Crippen molar-refractivity contribution in [2.75, 3.05) is 13.6 Å². The minimum atomic E-state index is 0.667. The topological polar surface area (TPSA) is 35.8 Å². The Hall–Kier alpha value is -1.33. The Labute approximate surface area is 104 Å². The highest BCUT2D eigenvalue weighted by Gasteiger charge is 2.19. The van der Waals surface area contributed by atoms with Crippen LogP contribution in [0.15, 0.2) is 18.2 Å². The highest BCUT2D eigenvalue weighted by molar-refractivity contribution is 5.41. The van der Waals surface area contributed by atoms with Gasteiger partial charge >= 0.3 is 0 Å². The van der Waals surface area contributed by atoms with Gasteiger partial charge in [0.25, 0.3) is 0 Å². The van der Waals surface area contributed by atoms with Crippen LogP contribution in [0, 0.1) is 11.3 Å². The third kappa shape index (κ3) is 2.87. The molecule has 2 rings (SSSR count). The van der Waals surface area contributed by atoms with Crippen molar-refractivity contribution in [1.29, 1.82) is 5.26 Å². The van der Waals surface area contributed by atoms with Gasteiger partial charge in [-0.2, -0.15) is 5.26 Å². The molecule has 0 fully saturated rings. The predicted molar refractivity (Wildman–Crippen MR) is 70.0 cm³/mol. The molecule has 2 nitrogen and oxygen atoms in total. The SMILES string of the molecule is CNCCC[C@H]1CCCc2ccc(C#N)cc21. The Morgan fingerprint density at radius 3 is 3.12 bits per heavy atom. The van der Waals surface area contributed by atoms with Crippen LogP contribution in [0.5, 0.6) is 0 Å². The van der Waals surface area contributed by atoms with Crippen LogP contribution in [0.25, 0.3) is 0 Å². The Bertz CT molecular complexity index is 417. The lowest BCUT2D eigenvalue weighted by Gasteiger charge is -2.25. The molecular weight excluding hydrogens is 208 g/mol. The average Bonchev–Trinajstić information content (AvgIpc) is 2.39. The van der Waals surface area contributed by atoms with Gasteiger partial charge in [0.2, 0.25) is 0 Å². The van der Waals surface area contributed by atoms with Gasteiger partial charge in [-0.1, -0.05) is 6.07 Å². The molecule has 0 aromatic heterocycles. The van der Waals surface area contributed by atoms with Gasteiger partial charge in [0.15, 0.2) is 0 Å². The molecule has 1 aliphatic carbocycles. The molecule has 0 saturated heterocycles. The molecule has 0 bridgehead atoms. The van der Waals surface area contributed by atoms with E-state index in [1.54, 1.807) is 0 Å². The lowest BCUT2D eigenvalue weighted by molar-refractivity contribution is 0.499. The van der Waals surface area contributed by atoms with Gasteiger partial charge in [0, 0.05) is 0 Å². The fourth-order valence-corrected chi connectivity index (χ4v) is 2.79. The second-order valence-electron chi connectivity index (χ2n) is 4.86. The number of aryl methyl sites for hydroxylation is 1. The smallest absolute Gasteiger partial charge is 0.0991 e. The maximum Gasteiger partial charge on any atom is 0.0991 e. The van der Waals surface area contributed by atoms with E-state index in [-0.39, 0.29) is 0 Å². The molecule has 1 aromatic carbocycles. The van der Waals surface area contributed by atoms with Crippen molar-refractivity contribution in [2.24, 2.45) is 0 Å². The average molecular weight is 228 g/mol. The summed E-state index contributed by atoms with van der Waals surface area (Å²) in [6, 6.07) is 8.47. The third-order valence-corrected chi connectivity index (χ3v) is 3.69. The summed E-state index contributed by atoms with van der Waals surface area (Å²) in [4.78, 5) is 0. The van der Waals surface area contributed by atoms with E-state index in [1.807, 2.05) is 13.1 Å². The molecule has 0 radical (unpaired) electrons. The van der Waals surface area contributed by atoms with Gasteiger partial charge in [0.1, 0.15) is 0 Å². The van der Waals surface area contributed by atoms with Gasteiger partial charge in [0.05, 0.1) is 11.6 Å². The van der Waals surface area contributed by atoms with Gasteiger partial charge in [-0.3, -0.25) is 0 Å². The molecule has 0 saturated carbocycles. The summed E-state index contributed by atoms with van der Waals surface area (Å²) < 4.78 is 0. The van der Waals surface area contributed by atoms with Crippen molar-refractivity contribution < 1.29 is 0 Å². The normalized spacial score (nSPS) is 18.5. The van der Waals surface area contributed by atoms with Crippen LogP contribution in [-0.2, 0) is 6.42 Å². The molecule has 2 heteroatoms. The molecule has 0 heterocycles. The van der Waals surface area contributed by atoms with E-state index in [4.69, 9.17) is 5.26 Å². The summed E-state index contributed by atoms with van der Waals surface area (Å²) in [5.74, 6) is 0.667. The first-order valence-corrected chi connectivity index (χ1v) is 6.52. The lowest BCUT2D eigenvalue weighted by Crippen LogP contribution is -2.13. The van der Waals surface area contributed by atoms with Crippen molar-refractivity contribution in [2.45, 2.75) is 38.0 Å². The van der Waals surface area contributed by atoms with Gasteiger partial charge in [-0.25, -0.2) is 0 Å². The summed E-state index contributed by atoms with van der Waals surface area (Å²) in [5, 5.41) is 12.2. The van der Waals surface area contributed by atoms with Gasteiger partial charge in [-0.05, 0) is 74.9 Å². The molecular formula is C15H20N2. The van der Waals surface area contributed by atoms with E-state index in [1.165, 1.54) is 43.2 Å². The number of hydrogen-bond donors (Lipinski definition) is 1. The van der Waals surface area contributed by atoms with Crippen LogP contribution in [-0.4, -0.2) is 13.6 Å². The molecule has 0 aliphatic heterocycles. The molecule has 1 aliphatic rings. The monoisotopic (exact) mass is 228 g/mol. The fraction of sp³-hybridized carbons (Fsp3) is 0.533. The van der Waals surface area contributed by atoms with Crippen molar-refractivity contribution >= 4 is 0 Å². The van der Waals surface area contributed by atoms with E-state index in [0.717, 1.165) is 12.1 Å². The standard InChI is InChI=1S/C15H20N2/c1-17-9-3-6-13-4-2-5-14-8-7-12(11-16)10-15(13)14/h7-8,10,13,17H,2-6,9H2,1H3/t13-/m1/s1. The summed E-state index contributed by atoms with van der Waals surface area (Å²) in [5.41, 5.74) is 3.71. The van der Waals surface area contributed by atoms with Crippen LogP contribution in [0.1, 0.15) is 48.3 Å². The summed E-state index contributed by atoms with van der Waals surface area (Å²) in [6.45, 7) is 1.09. The Kier molecular flexibility index (Phi) is 4.17. The number of nitriles is 1. The first kappa shape index (κ1) is 12.1. The molecule has 0 amide bonds. The van der Waals surface area contributed by atoms with Crippen LogP contribution in [0.3, 0.4) is 0 Å². The van der Waals surface area contributed by atoms with E-state index in [2.05, 4.69) is 23.5 Å². The van der Waals surface area contributed by atoms with Crippen LogP contribution in [0.2, 0.25) is 0 Å². The highest BCUT2D eigenvalue weighted by Crippen LogP contribution is 2.35. The summed E-state index contributed by atoms with van der Waals surface area (Å²) in [7, 11) is 2.00. The first-order valence-electron chi connectivity index (χ1n) is 6.52. The molecule has 17 heavy (non-hydrogen) atoms. The van der Waals surface area contributed by atoms with Crippen LogP contribution in [0.4, 0.5) is 0 Å². The summed E-state index contributed by atoms with van der Waals surface area (Å²) >= 11 is 0. The quantitative estimate of drug-likeness (QED) is 0.804. The van der Waals surface area contributed by atoms with E-state index < -0.39 is 0 Å². The van der Waals surface area contributed by atoms with Crippen molar-refractivity contribution in [3.05, 3.63) is 34.9 Å². The first-order chi connectivity index (χ1) is 8.35. The number of nitrogens with zero attached hydrogens (tertiary/aromatic N) is 1. The number of benzene rings is 1. The zero-order valence-corrected chi connectivity index (χ0v) is 10.5. The third-order valence-electron chi connectivity index (χ3n) is 3.69. The number of fused-ring (bicyclic) bond motifs is 1. The lowest BCUT2D eigenvalue weighted by atomic mass is 9.80. The molecule has 1 atom stereocenters. The molecule has 1 N–H and O–H groups in total. The molecule has 0 unspecified atom stereocenters. The van der Waals surface area contributed by atoms with E-state index >= 15 is 0 Å². The second kappa shape index (κ2) is 5.84. The zero-order chi connectivity index (χ0) is 12.1. The minimum Gasteiger partial charge on any atom is -0.320 e. The Morgan fingerprint density at radius 2 is 2.35 bits per heavy atom. The van der Waals surface area contributed by atoms with Crippen molar-refractivity contribution in [3.63, 3.8) is 0 Å². The van der Waals surface area contributed by atoms with Crippen LogP contribution >= 0.6 is 0 Å². The second-order valence-corrected chi connectivity index (χ2v) is 4.86. The van der Waals surface area contributed by atoms with Crippen LogP contribution < -0.4 is 5.32 Å². The maximum absolute atomic E-state index is 8.98. The minimum absolute atomic E-state index is 0.667. The fourth-order valence-electron chi connectivity index (χ4n) is 2.79. The Balaban J connectivity index is 2.14. The molecule has 90 valence electrons. The number of hydrogen-bond acceptors (Lipinski definition) is 2. The maximum atomic E-state index is 8.98. The number of nitrogens with one attached hydrogen (secondary N) is 1. The van der Waals surface area contributed by atoms with Gasteiger partial charge in [-0.15, -0.1) is 0 Å². The Morgan fingerprint density at radius 1 is 1.47 bits per heavy atom. The molecule has 1 aromatic rings. The largest absolute Gasteiger partial charge is 0.320 e. The van der Waals surface area contributed by atoms with E-state index in [0.29, 0.717) is 5.92 Å². The molecule has 0 spiro atoms. The predicted octanol–water partition coefficient (Wildman–Crippen LogP) is 2.98. The van der Waals surface area contributed by atoms with Gasteiger partial charge < -0.3 is 5.32 Å². The summed E-state index contributed by atoms with van der Waals surface area (Å²) in [6.07, 6.45) is 6.22. The van der Waals surface area contributed by atoms with Crippen molar-refractivity contribution in [1.82, 2.24) is 5.32 Å². The number of rotatable bonds is 4. The van der Waals surface area contributed by atoms with Crippen molar-refractivity contribution in [3.8, 4) is 6.07 Å². The van der Waals surface area contributed by atoms with E-state index in [9.17, 15) is 0 Å². The highest BCUT2D eigenvalue weighted by atomic mass is 14.8. The zero-order valence-electron chi connectivity index (χ0n) is 10.5.